The van der Waals surface area contributed by atoms with E-state index in [-0.39, 0.29) is 16.0 Å². The number of alkyl halides is 3. The number of nitrogens with zero attached hydrogens (tertiary/aromatic N) is 3. The van der Waals surface area contributed by atoms with Gasteiger partial charge in [0.05, 0.1) is 16.6 Å². The second-order valence-corrected chi connectivity index (χ2v) is 7.54. The lowest BCUT2D eigenvalue weighted by Gasteiger charge is -2.14. The maximum absolute atomic E-state index is 13.3. The van der Waals surface area contributed by atoms with Crippen molar-refractivity contribution in [3.8, 4) is 11.3 Å². The number of pyridine rings is 1. The minimum atomic E-state index is -4.64. The summed E-state index contributed by atoms with van der Waals surface area (Å²) < 4.78 is 39.9. The van der Waals surface area contributed by atoms with Crippen LogP contribution in [0.3, 0.4) is 0 Å². The van der Waals surface area contributed by atoms with Crippen molar-refractivity contribution in [3.05, 3.63) is 65.6 Å². The third-order valence-corrected chi connectivity index (χ3v) is 5.00. The van der Waals surface area contributed by atoms with Gasteiger partial charge in [0, 0.05) is 11.8 Å². The molecule has 0 aliphatic carbocycles. The van der Waals surface area contributed by atoms with Gasteiger partial charge < -0.3 is 5.32 Å². The van der Waals surface area contributed by atoms with Crippen LogP contribution in [0.25, 0.3) is 11.3 Å². The highest BCUT2D eigenvalue weighted by atomic mass is 35.5. The predicted octanol–water partition coefficient (Wildman–Crippen LogP) is 5.33. The van der Waals surface area contributed by atoms with Crippen molar-refractivity contribution in [2.24, 2.45) is 0 Å². The van der Waals surface area contributed by atoms with E-state index in [0.717, 1.165) is 17.8 Å². The van der Waals surface area contributed by atoms with Crippen molar-refractivity contribution in [1.29, 1.82) is 0 Å². The van der Waals surface area contributed by atoms with Gasteiger partial charge in [-0.15, -0.1) is 0 Å². The lowest BCUT2D eigenvalue weighted by molar-refractivity contribution is -0.141. The molecule has 1 amide bonds. The van der Waals surface area contributed by atoms with Gasteiger partial charge in [-0.2, -0.15) is 13.2 Å². The Kier molecular flexibility index (Phi) is 6.39. The maximum atomic E-state index is 13.3. The second-order valence-electron chi connectivity index (χ2n) is 5.88. The summed E-state index contributed by atoms with van der Waals surface area (Å²) in [6.07, 6.45) is -3.17. The molecule has 3 rings (SSSR count). The van der Waals surface area contributed by atoms with Crippen LogP contribution in [-0.2, 0) is 11.0 Å². The highest BCUT2D eigenvalue weighted by Crippen LogP contribution is 2.33. The van der Waals surface area contributed by atoms with E-state index in [2.05, 4.69) is 20.3 Å². The number of rotatable bonds is 5. The number of hydrogen-bond acceptors (Lipinski definition) is 5. The van der Waals surface area contributed by atoms with E-state index in [1.54, 1.807) is 42.5 Å². The van der Waals surface area contributed by atoms with Crippen LogP contribution in [0.2, 0.25) is 5.15 Å². The Morgan fingerprint density at radius 1 is 1.14 bits per heavy atom. The quantitative estimate of drug-likeness (QED) is 0.331. The van der Waals surface area contributed by atoms with Crippen molar-refractivity contribution in [2.45, 2.75) is 23.5 Å². The average molecular weight is 439 g/mol. The van der Waals surface area contributed by atoms with E-state index in [4.69, 9.17) is 11.6 Å². The first-order valence-corrected chi connectivity index (χ1v) is 9.59. The van der Waals surface area contributed by atoms with Gasteiger partial charge >= 0.3 is 6.18 Å². The summed E-state index contributed by atoms with van der Waals surface area (Å²) in [6.45, 7) is 1.54. The summed E-state index contributed by atoms with van der Waals surface area (Å²) in [7, 11) is 0. The lowest BCUT2D eigenvalue weighted by Crippen LogP contribution is -2.23. The molecule has 0 spiro atoms. The molecule has 1 aromatic carbocycles. The standard InChI is InChI=1S/C19H14ClF3N4OS/c1-11(17(28)25-13-8-5-9-24-16(13)20)29-18-26-14(12-6-3-2-4-7-12)10-15(27-18)19(21,22)23/h2-11H,1H3,(H,25,28)/t11-/m1/s1. The predicted molar refractivity (Wildman–Crippen MR) is 106 cm³/mol. The number of benzene rings is 1. The van der Waals surface area contributed by atoms with Gasteiger partial charge in [-0.25, -0.2) is 15.0 Å². The average Bonchev–Trinajstić information content (AvgIpc) is 2.69. The number of halogens is 4. The summed E-state index contributed by atoms with van der Waals surface area (Å²) in [5.41, 5.74) is -0.127. The fourth-order valence-electron chi connectivity index (χ4n) is 2.31. The molecule has 150 valence electrons. The van der Waals surface area contributed by atoms with E-state index >= 15 is 0 Å². The van der Waals surface area contributed by atoms with E-state index < -0.39 is 23.0 Å². The van der Waals surface area contributed by atoms with Gasteiger partial charge in [-0.1, -0.05) is 53.7 Å². The van der Waals surface area contributed by atoms with E-state index in [1.807, 2.05) is 0 Å². The molecule has 3 aromatic rings. The molecule has 0 saturated heterocycles. The smallest absolute Gasteiger partial charge is 0.322 e. The third-order valence-electron chi connectivity index (χ3n) is 3.73. The molecule has 0 bridgehead atoms. The zero-order chi connectivity index (χ0) is 21.0. The molecular formula is C19H14ClF3N4OS. The van der Waals surface area contributed by atoms with Crippen molar-refractivity contribution >= 4 is 35.0 Å². The lowest BCUT2D eigenvalue weighted by atomic mass is 10.1. The SMILES string of the molecule is C[C@@H](Sc1nc(-c2ccccc2)cc(C(F)(F)F)n1)C(=O)Nc1cccnc1Cl. The van der Waals surface area contributed by atoms with Crippen LogP contribution in [0.15, 0.2) is 59.9 Å². The Morgan fingerprint density at radius 2 is 1.86 bits per heavy atom. The number of anilines is 1. The van der Waals surface area contributed by atoms with Crippen LogP contribution in [-0.4, -0.2) is 26.1 Å². The number of carbonyl (C=O) groups excluding carboxylic acids is 1. The van der Waals surface area contributed by atoms with Crippen LogP contribution in [0.5, 0.6) is 0 Å². The summed E-state index contributed by atoms with van der Waals surface area (Å²) >= 11 is 6.73. The topological polar surface area (TPSA) is 67.8 Å². The number of nitrogens with one attached hydrogen (secondary N) is 1. The van der Waals surface area contributed by atoms with Crippen molar-refractivity contribution < 1.29 is 18.0 Å². The Hall–Kier alpha value is -2.65. The normalized spacial score (nSPS) is 12.4. The van der Waals surface area contributed by atoms with E-state index in [0.29, 0.717) is 11.3 Å². The monoisotopic (exact) mass is 438 g/mol. The molecule has 10 heteroatoms. The van der Waals surface area contributed by atoms with Crippen molar-refractivity contribution in [2.75, 3.05) is 5.32 Å². The van der Waals surface area contributed by atoms with Gasteiger partial charge in [0.15, 0.2) is 10.3 Å². The van der Waals surface area contributed by atoms with Gasteiger partial charge in [0.2, 0.25) is 5.91 Å². The first-order chi connectivity index (χ1) is 13.7. The van der Waals surface area contributed by atoms with Crippen LogP contribution in [0, 0.1) is 0 Å². The Balaban J connectivity index is 1.85. The summed E-state index contributed by atoms with van der Waals surface area (Å²) in [6, 6.07) is 12.5. The summed E-state index contributed by atoms with van der Waals surface area (Å²) in [4.78, 5) is 24.0. The Labute approximate surface area is 173 Å². The molecular weight excluding hydrogens is 425 g/mol. The first kappa shape index (κ1) is 21.1. The van der Waals surface area contributed by atoms with Gasteiger partial charge in [0.25, 0.3) is 0 Å². The molecule has 29 heavy (non-hydrogen) atoms. The number of amides is 1. The van der Waals surface area contributed by atoms with Gasteiger partial charge in [-0.3, -0.25) is 4.79 Å². The molecule has 1 N–H and O–H groups in total. The molecule has 2 aromatic heterocycles. The van der Waals surface area contributed by atoms with E-state index in [9.17, 15) is 18.0 Å². The maximum Gasteiger partial charge on any atom is 0.433 e. The molecule has 0 unspecified atom stereocenters. The highest BCUT2D eigenvalue weighted by molar-refractivity contribution is 8.00. The number of aromatic nitrogens is 3. The zero-order valence-corrected chi connectivity index (χ0v) is 16.5. The third kappa shape index (κ3) is 5.45. The summed E-state index contributed by atoms with van der Waals surface area (Å²) in [5.74, 6) is -0.466. The largest absolute Gasteiger partial charge is 0.433 e. The fraction of sp³-hybridized carbons (Fsp3) is 0.158. The minimum Gasteiger partial charge on any atom is -0.322 e. The molecule has 1 atom stereocenters. The van der Waals surface area contributed by atoms with E-state index in [1.165, 1.54) is 13.1 Å². The number of thioether (sulfide) groups is 1. The molecule has 2 heterocycles. The molecule has 0 aliphatic rings. The van der Waals surface area contributed by atoms with Crippen LogP contribution >= 0.6 is 23.4 Å². The van der Waals surface area contributed by atoms with Crippen LogP contribution < -0.4 is 5.32 Å². The Bertz CT molecular complexity index is 1020. The fourth-order valence-corrected chi connectivity index (χ4v) is 3.26. The zero-order valence-electron chi connectivity index (χ0n) is 14.9. The van der Waals surface area contributed by atoms with Gasteiger partial charge in [0.1, 0.15) is 5.69 Å². The van der Waals surface area contributed by atoms with Crippen molar-refractivity contribution in [3.63, 3.8) is 0 Å². The Morgan fingerprint density at radius 3 is 2.52 bits per heavy atom. The first-order valence-electron chi connectivity index (χ1n) is 8.34. The van der Waals surface area contributed by atoms with Crippen LogP contribution in [0.4, 0.5) is 18.9 Å². The molecule has 0 fully saturated rings. The van der Waals surface area contributed by atoms with Crippen molar-refractivity contribution in [1.82, 2.24) is 15.0 Å². The molecule has 5 nitrogen and oxygen atoms in total. The minimum absolute atomic E-state index is 0.111. The summed E-state index contributed by atoms with van der Waals surface area (Å²) in [5, 5.41) is 1.77. The highest BCUT2D eigenvalue weighted by Gasteiger charge is 2.34. The molecule has 0 aliphatic heterocycles. The molecule has 0 saturated carbocycles. The van der Waals surface area contributed by atoms with Crippen LogP contribution in [0.1, 0.15) is 12.6 Å². The number of hydrogen-bond donors (Lipinski definition) is 1. The number of carbonyl (C=O) groups is 1. The second kappa shape index (κ2) is 8.79. The van der Waals surface area contributed by atoms with Gasteiger partial charge in [-0.05, 0) is 25.1 Å². The molecule has 0 radical (unpaired) electrons.